The van der Waals surface area contributed by atoms with E-state index in [9.17, 15) is 0 Å². The average molecular weight is 220 g/mol. The fourth-order valence-electron chi connectivity index (χ4n) is 0.354. The smallest absolute Gasteiger partial charge is 0.310 e. The lowest BCUT2D eigenvalue weighted by atomic mass is 10.6. The van der Waals surface area contributed by atoms with Crippen molar-refractivity contribution in [2.45, 2.75) is 38.9 Å². The Morgan fingerprint density at radius 2 is 0.857 bits per heavy atom. The summed E-state index contributed by atoms with van der Waals surface area (Å²) in [5.74, 6) is 0. The van der Waals surface area contributed by atoms with Crippen LogP contribution in [-0.2, 0) is 4.57 Å². The maximum absolute atomic E-state index is 8.17. The third-order valence-corrected chi connectivity index (χ3v) is 1.84. The first-order valence-corrected chi connectivity index (χ1v) is 5.59. The molecule has 0 spiro atoms. The molecule has 4 nitrogen and oxygen atoms in total. The standard InChI is InChI=1S/3C3H7N.H2OP/c3*1-3-2-4-3;1-2/h3*3-4H,2H2,1H3;2H2/q;;;+1. The largest absolute Gasteiger partial charge is 0.311 e. The first kappa shape index (κ1) is 14.0. The fourth-order valence-corrected chi connectivity index (χ4v) is 0.354. The second kappa shape index (κ2) is 8.30. The molecule has 0 amide bonds. The highest BCUT2D eigenvalue weighted by Crippen LogP contribution is 1.89. The van der Waals surface area contributed by atoms with E-state index in [1.54, 1.807) is 0 Å². The molecule has 3 fully saturated rings. The molecule has 3 N–H and O–H groups in total. The van der Waals surface area contributed by atoms with Crippen LogP contribution in [-0.4, -0.2) is 37.8 Å². The molecule has 3 rings (SSSR count). The summed E-state index contributed by atoms with van der Waals surface area (Å²) in [5.41, 5.74) is 0. The van der Waals surface area contributed by atoms with Gasteiger partial charge in [-0.15, -0.1) is 0 Å². The van der Waals surface area contributed by atoms with Crippen LogP contribution in [0.25, 0.3) is 0 Å². The molecular formula is C9H23N3OP+. The molecule has 0 radical (unpaired) electrons. The molecule has 4 atom stereocenters. The first-order chi connectivity index (χ1) is 6.68. The molecule has 0 saturated carbocycles. The molecule has 0 bridgehead atoms. The molecule has 84 valence electrons. The third kappa shape index (κ3) is 17.9. The zero-order valence-electron chi connectivity index (χ0n) is 9.34. The van der Waals surface area contributed by atoms with E-state index >= 15 is 0 Å². The summed E-state index contributed by atoms with van der Waals surface area (Å²) < 4.78 is 8.17. The lowest BCUT2D eigenvalue weighted by Crippen LogP contribution is -1.72. The highest BCUT2D eigenvalue weighted by atomic mass is 31.0. The zero-order valence-corrected chi connectivity index (χ0v) is 10.5. The van der Waals surface area contributed by atoms with Crippen molar-refractivity contribution in [3.63, 3.8) is 0 Å². The Morgan fingerprint density at radius 3 is 0.857 bits per heavy atom. The van der Waals surface area contributed by atoms with Crippen LogP contribution >= 0.6 is 9.12 Å². The number of nitrogens with one attached hydrogen (secondary N) is 3. The highest BCUT2D eigenvalue weighted by molar-refractivity contribution is 7.00. The van der Waals surface area contributed by atoms with Gasteiger partial charge < -0.3 is 16.0 Å². The van der Waals surface area contributed by atoms with Crippen LogP contribution in [0.3, 0.4) is 0 Å². The van der Waals surface area contributed by atoms with E-state index in [0.717, 1.165) is 18.1 Å². The molecule has 3 saturated heterocycles. The monoisotopic (exact) mass is 220 g/mol. The van der Waals surface area contributed by atoms with Crippen LogP contribution in [0, 0.1) is 0 Å². The van der Waals surface area contributed by atoms with Crippen molar-refractivity contribution in [2.24, 2.45) is 0 Å². The van der Waals surface area contributed by atoms with Gasteiger partial charge in [-0.05, 0) is 20.8 Å². The normalized spacial score (nSPS) is 34.4. The van der Waals surface area contributed by atoms with Gasteiger partial charge in [-0.25, -0.2) is 0 Å². The van der Waals surface area contributed by atoms with Crippen LogP contribution in [0.1, 0.15) is 20.8 Å². The third-order valence-electron chi connectivity index (χ3n) is 1.84. The average Bonchev–Trinajstić information content (AvgIpc) is 2.90. The van der Waals surface area contributed by atoms with E-state index in [4.69, 9.17) is 4.57 Å². The van der Waals surface area contributed by atoms with E-state index in [-0.39, 0.29) is 0 Å². The topological polar surface area (TPSA) is 82.9 Å². The van der Waals surface area contributed by atoms with E-state index in [0.29, 0.717) is 0 Å². The van der Waals surface area contributed by atoms with Crippen LogP contribution in [0.5, 0.6) is 0 Å². The fraction of sp³-hybridized carbons (Fsp3) is 1.00. The molecule has 3 heterocycles. The summed E-state index contributed by atoms with van der Waals surface area (Å²) in [4.78, 5) is 0. The minimum absolute atomic E-state index is 0.833. The maximum atomic E-state index is 8.17. The second-order valence-corrected chi connectivity index (χ2v) is 3.93. The van der Waals surface area contributed by atoms with Crippen molar-refractivity contribution in [2.75, 3.05) is 19.6 Å². The molecule has 3 aliphatic heterocycles. The predicted molar refractivity (Wildman–Crippen MR) is 62.8 cm³/mol. The van der Waals surface area contributed by atoms with Gasteiger partial charge in [-0.1, -0.05) is 4.57 Å². The Labute approximate surface area is 88.8 Å². The summed E-state index contributed by atoms with van der Waals surface area (Å²) in [7, 11) is 1.17. The molecule has 4 unspecified atom stereocenters. The summed E-state index contributed by atoms with van der Waals surface area (Å²) in [5, 5.41) is 9.29. The maximum Gasteiger partial charge on any atom is 0.310 e. The van der Waals surface area contributed by atoms with Gasteiger partial charge >= 0.3 is 9.12 Å². The number of hydrogen-bond donors (Lipinski definition) is 3. The van der Waals surface area contributed by atoms with Crippen molar-refractivity contribution in [3.8, 4) is 0 Å². The SMILES string of the molecule is CC1CN1.CC1CN1.CC1CN1.O=[PH2+]. The van der Waals surface area contributed by atoms with Crippen LogP contribution in [0.4, 0.5) is 0 Å². The summed E-state index contributed by atoms with van der Waals surface area (Å²) in [6.45, 7) is 10.2. The van der Waals surface area contributed by atoms with Gasteiger partial charge in [0.25, 0.3) is 0 Å². The van der Waals surface area contributed by atoms with Crippen molar-refractivity contribution in [3.05, 3.63) is 0 Å². The van der Waals surface area contributed by atoms with E-state index < -0.39 is 0 Å². The van der Waals surface area contributed by atoms with E-state index in [1.807, 2.05) is 0 Å². The van der Waals surface area contributed by atoms with Crippen molar-refractivity contribution < 1.29 is 4.57 Å². The molecule has 0 aromatic carbocycles. The number of rotatable bonds is 0. The quantitative estimate of drug-likeness (QED) is 0.400. The Bertz CT molecular complexity index is 112. The zero-order chi connectivity index (χ0) is 11.0. The lowest BCUT2D eigenvalue weighted by Gasteiger charge is -1.53. The Hall–Kier alpha value is -0.0200. The van der Waals surface area contributed by atoms with E-state index in [2.05, 4.69) is 36.7 Å². The summed E-state index contributed by atoms with van der Waals surface area (Å²) >= 11 is 0. The summed E-state index contributed by atoms with van der Waals surface area (Å²) in [6.07, 6.45) is 0. The molecule has 14 heavy (non-hydrogen) atoms. The molecule has 0 aromatic rings. The summed E-state index contributed by atoms with van der Waals surface area (Å²) in [6, 6.07) is 2.50. The van der Waals surface area contributed by atoms with Gasteiger partial charge in [-0.2, -0.15) is 0 Å². The molecule has 3 aliphatic rings. The van der Waals surface area contributed by atoms with Gasteiger partial charge in [0.15, 0.2) is 0 Å². The van der Waals surface area contributed by atoms with E-state index in [1.165, 1.54) is 28.8 Å². The Kier molecular flexibility index (Phi) is 8.29. The van der Waals surface area contributed by atoms with Crippen molar-refractivity contribution in [1.82, 2.24) is 16.0 Å². The molecular weight excluding hydrogens is 197 g/mol. The predicted octanol–water partition coefficient (Wildman–Crippen LogP) is 0.141. The van der Waals surface area contributed by atoms with Gasteiger partial charge in [0, 0.05) is 37.8 Å². The van der Waals surface area contributed by atoms with Gasteiger partial charge in [0.05, 0.1) is 0 Å². The van der Waals surface area contributed by atoms with Crippen molar-refractivity contribution >= 4 is 9.12 Å². The number of hydrogen-bond acceptors (Lipinski definition) is 4. The lowest BCUT2D eigenvalue weighted by molar-refractivity contribution is 0.607. The molecule has 0 aromatic heterocycles. The highest BCUT2D eigenvalue weighted by Gasteiger charge is 2.10. The first-order valence-electron chi connectivity index (χ1n) is 5.12. The minimum atomic E-state index is 0.833. The minimum Gasteiger partial charge on any atom is -0.311 e. The second-order valence-electron chi connectivity index (χ2n) is 3.93. The van der Waals surface area contributed by atoms with Crippen LogP contribution in [0.2, 0.25) is 0 Å². The molecule has 5 heteroatoms. The van der Waals surface area contributed by atoms with Gasteiger partial charge in [-0.3, -0.25) is 0 Å². The van der Waals surface area contributed by atoms with Crippen molar-refractivity contribution in [1.29, 1.82) is 0 Å². The van der Waals surface area contributed by atoms with Gasteiger partial charge in [0.2, 0.25) is 0 Å². The Balaban J connectivity index is 0.000000167. The molecule has 0 aliphatic carbocycles. The van der Waals surface area contributed by atoms with Gasteiger partial charge in [0.1, 0.15) is 0 Å². The van der Waals surface area contributed by atoms with Crippen LogP contribution < -0.4 is 16.0 Å². The Morgan fingerprint density at radius 1 is 0.786 bits per heavy atom. The van der Waals surface area contributed by atoms with Crippen LogP contribution in [0.15, 0.2) is 0 Å².